The summed E-state index contributed by atoms with van der Waals surface area (Å²) in [4.78, 5) is 22.3. The number of ether oxygens (including phenoxy) is 1. The van der Waals surface area contributed by atoms with Crippen LogP contribution in [0.1, 0.15) is 30.0 Å². The molecule has 156 valence electrons. The number of nitro groups is 1. The first kappa shape index (κ1) is 21.9. The molecule has 2 rings (SSSR count). The highest BCUT2D eigenvalue weighted by molar-refractivity contribution is 5.95. The predicted octanol–water partition coefficient (Wildman–Crippen LogP) is 5.22. The van der Waals surface area contributed by atoms with Gasteiger partial charge in [-0.25, -0.2) is 4.39 Å². The smallest absolute Gasteiger partial charge is 0.416 e. The molecule has 0 saturated carbocycles. The number of anilines is 1. The van der Waals surface area contributed by atoms with Crippen LogP contribution in [0.25, 0.3) is 0 Å². The van der Waals surface area contributed by atoms with Gasteiger partial charge in [0.25, 0.3) is 0 Å². The van der Waals surface area contributed by atoms with Crippen molar-refractivity contribution in [2.45, 2.75) is 33.4 Å². The largest absolute Gasteiger partial charge is 0.499 e. The maximum atomic E-state index is 13.7. The minimum atomic E-state index is -4.88. The normalized spacial score (nSPS) is 11.3. The number of nitrogens with zero attached hydrogens (tertiary/aromatic N) is 1. The van der Waals surface area contributed by atoms with Crippen molar-refractivity contribution in [1.29, 1.82) is 0 Å². The molecule has 0 spiro atoms. The SMILES string of the molecule is CCC(=O)Nc1c(C)c(C)c([N+](=O)[O-])c(O)c1Oc1cc(F)cc(C(F)(F)F)c1. The molecule has 7 nitrogen and oxygen atoms in total. The summed E-state index contributed by atoms with van der Waals surface area (Å²) in [5, 5.41) is 24.1. The topological polar surface area (TPSA) is 102 Å². The summed E-state index contributed by atoms with van der Waals surface area (Å²) in [6.07, 6.45) is -4.87. The lowest BCUT2D eigenvalue weighted by molar-refractivity contribution is -0.386. The van der Waals surface area contributed by atoms with Gasteiger partial charge in [-0.05, 0) is 31.5 Å². The Hall–Kier alpha value is -3.37. The van der Waals surface area contributed by atoms with Crippen LogP contribution in [0.5, 0.6) is 17.2 Å². The molecule has 1 amide bonds. The molecule has 29 heavy (non-hydrogen) atoms. The highest BCUT2D eigenvalue weighted by Gasteiger charge is 2.33. The van der Waals surface area contributed by atoms with Crippen LogP contribution in [0.15, 0.2) is 18.2 Å². The Morgan fingerprint density at radius 2 is 1.86 bits per heavy atom. The number of amides is 1. The number of rotatable bonds is 5. The fourth-order valence-electron chi connectivity index (χ4n) is 2.54. The summed E-state index contributed by atoms with van der Waals surface area (Å²) in [6.45, 7) is 4.24. The summed E-state index contributed by atoms with van der Waals surface area (Å²) < 4.78 is 57.7. The lowest BCUT2D eigenvalue weighted by Gasteiger charge is -2.18. The van der Waals surface area contributed by atoms with Crippen molar-refractivity contribution in [3.05, 3.63) is 50.8 Å². The van der Waals surface area contributed by atoms with Gasteiger partial charge in [-0.15, -0.1) is 0 Å². The van der Waals surface area contributed by atoms with E-state index in [0.717, 1.165) is 0 Å². The fourth-order valence-corrected chi connectivity index (χ4v) is 2.54. The molecular formula is C18H16F4N2O5. The molecule has 2 aromatic carbocycles. The van der Waals surface area contributed by atoms with E-state index in [1.807, 2.05) is 0 Å². The van der Waals surface area contributed by atoms with Crippen molar-refractivity contribution < 1.29 is 37.1 Å². The van der Waals surface area contributed by atoms with Crippen LogP contribution in [0.3, 0.4) is 0 Å². The second-order valence-electron chi connectivity index (χ2n) is 6.09. The Bertz CT molecular complexity index is 989. The number of nitro benzene ring substituents is 1. The number of benzene rings is 2. The molecule has 0 bridgehead atoms. The molecule has 0 atom stereocenters. The van der Waals surface area contributed by atoms with Crippen LogP contribution in [-0.4, -0.2) is 15.9 Å². The van der Waals surface area contributed by atoms with E-state index in [-0.39, 0.29) is 29.3 Å². The van der Waals surface area contributed by atoms with Crippen molar-refractivity contribution in [3.8, 4) is 17.2 Å². The number of aromatic hydroxyl groups is 1. The minimum Gasteiger partial charge on any atom is -0.499 e. The molecule has 0 aliphatic carbocycles. The number of halogens is 4. The monoisotopic (exact) mass is 416 g/mol. The highest BCUT2D eigenvalue weighted by Crippen LogP contribution is 2.49. The minimum absolute atomic E-state index is 0.00780. The molecular weight excluding hydrogens is 400 g/mol. The van der Waals surface area contributed by atoms with E-state index in [9.17, 15) is 37.6 Å². The summed E-state index contributed by atoms with van der Waals surface area (Å²) in [5.41, 5.74) is -2.11. The Balaban J connectivity index is 2.72. The van der Waals surface area contributed by atoms with Gasteiger partial charge in [0.2, 0.25) is 11.7 Å². The lowest BCUT2D eigenvalue weighted by Crippen LogP contribution is -2.13. The van der Waals surface area contributed by atoms with Gasteiger partial charge in [-0.1, -0.05) is 6.92 Å². The van der Waals surface area contributed by atoms with E-state index in [2.05, 4.69) is 5.32 Å². The van der Waals surface area contributed by atoms with Crippen LogP contribution in [0.4, 0.5) is 28.9 Å². The maximum absolute atomic E-state index is 13.7. The van der Waals surface area contributed by atoms with E-state index in [0.29, 0.717) is 12.1 Å². The number of alkyl halides is 3. The molecule has 0 fully saturated rings. The maximum Gasteiger partial charge on any atom is 0.416 e. The zero-order valence-electron chi connectivity index (χ0n) is 15.5. The van der Waals surface area contributed by atoms with Crippen molar-refractivity contribution in [2.75, 3.05) is 5.32 Å². The number of carbonyl (C=O) groups excluding carboxylic acids is 1. The van der Waals surface area contributed by atoms with E-state index < -0.39 is 51.3 Å². The van der Waals surface area contributed by atoms with Crippen LogP contribution in [-0.2, 0) is 11.0 Å². The van der Waals surface area contributed by atoms with Gasteiger partial charge < -0.3 is 15.2 Å². The molecule has 0 aliphatic rings. The van der Waals surface area contributed by atoms with Crippen molar-refractivity contribution in [3.63, 3.8) is 0 Å². The summed E-state index contributed by atoms with van der Waals surface area (Å²) >= 11 is 0. The van der Waals surface area contributed by atoms with Gasteiger partial charge in [-0.3, -0.25) is 14.9 Å². The molecule has 0 aromatic heterocycles. The first-order chi connectivity index (χ1) is 13.4. The average molecular weight is 416 g/mol. The van der Waals surface area contributed by atoms with Crippen LogP contribution in [0.2, 0.25) is 0 Å². The Morgan fingerprint density at radius 1 is 1.24 bits per heavy atom. The number of carbonyl (C=O) groups is 1. The average Bonchev–Trinajstić information content (AvgIpc) is 2.61. The third kappa shape index (κ3) is 4.55. The lowest BCUT2D eigenvalue weighted by atomic mass is 10.0. The van der Waals surface area contributed by atoms with E-state index in [1.54, 1.807) is 0 Å². The number of hydrogen-bond donors (Lipinski definition) is 2. The van der Waals surface area contributed by atoms with Gasteiger partial charge in [-0.2, -0.15) is 13.2 Å². The summed E-state index contributed by atoms with van der Waals surface area (Å²) in [7, 11) is 0. The molecule has 0 aliphatic heterocycles. The molecule has 0 heterocycles. The number of nitrogens with one attached hydrogen (secondary N) is 1. The van der Waals surface area contributed by atoms with Gasteiger partial charge in [0.15, 0.2) is 5.75 Å². The van der Waals surface area contributed by atoms with Crippen LogP contribution >= 0.6 is 0 Å². The van der Waals surface area contributed by atoms with Crippen LogP contribution in [0, 0.1) is 29.8 Å². The van der Waals surface area contributed by atoms with E-state index in [4.69, 9.17) is 4.74 Å². The first-order valence-electron chi connectivity index (χ1n) is 8.22. The van der Waals surface area contributed by atoms with Gasteiger partial charge >= 0.3 is 11.9 Å². The third-order valence-corrected chi connectivity index (χ3v) is 4.15. The summed E-state index contributed by atoms with van der Waals surface area (Å²) in [5.74, 6) is -4.16. The number of phenolic OH excluding ortho intramolecular Hbond substituents is 1. The van der Waals surface area contributed by atoms with Gasteiger partial charge in [0.1, 0.15) is 11.6 Å². The Kier molecular flexibility index (Phi) is 6.00. The Labute approximate surface area is 162 Å². The zero-order valence-corrected chi connectivity index (χ0v) is 15.5. The predicted molar refractivity (Wildman–Crippen MR) is 94.6 cm³/mol. The highest BCUT2D eigenvalue weighted by atomic mass is 19.4. The Morgan fingerprint density at radius 3 is 2.38 bits per heavy atom. The number of phenols is 1. The summed E-state index contributed by atoms with van der Waals surface area (Å²) in [6, 6.07) is 1.32. The fraction of sp³-hybridized carbons (Fsp3) is 0.278. The van der Waals surface area contributed by atoms with Crippen molar-refractivity contribution in [1.82, 2.24) is 0 Å². The second kappa shape index (κ2) is 7.94. The molecule has 11 heteroatoms. The zero-order chi connectivity index (χ0) is 22.1. The third-order valence-electron chi connectivity index (χ3n) is 4.15. The van der Waals surface area contributed by atoms with E-state index >= 15 is 0 Å². The first-order valence-corrected chi connectivity index (χ1v) is 8.22. The van der Waals surface area contributed by atoms with Crippen molar-refractivity contribution in [2.24, 2.45) is 0 Å². The van der Waals surface area contributed by atoms with Gasteiger partial charge in [0, 0.05) is 18.1 Å². The molecule has 2 aromatic rings. The van der Waals surface area contributed by atoms with E-state index in [1.165, 1.54) is 20.8 Å². The molecule has 0 saturated heterocycles. The van der Waals surface area contributed by atoms with Gasteiger partial charge in [0.05, 0.1) is 16.2 Å². The number of hydrogen-bond acceptors (Lipinski definition) is 5. The van der Waals surface area contributed by atoms with Crippen molar-refractivity contribution >= 4 is 17.3 Å². The molecule has 2 N–H and O–H groups in total. The quantitative estimate of drug-likeness (QED) is 0.396. The van der Waals surface area contributed by atoms with Crippen LogP contribution < -0.4 is 10.1 Å². The molecule has 0 radical (unpaired) electrons. The molecule has 0 unspecified atom stereocenters. The second-order valence-corrected chi connectivity index (χ2v) is 6.09. The standard InChI is InChI=1S/C18H16F4N2O5/c1-4-13(25)23-14-8(2)9(3)15(24(27)28)16(26)17(14)29-12-6-10(18(20,21)22)5-11(19)7-12/h5-7,26H,4H2,1-3H3,(H,23,25).